The number of fused-ring (bicyclic) bond motifs is 5. The van der Waals surface area contributed by atoms with Crippen LogP contribution < -0.4 is 14.4 Å². The van der Waals surface area contributed by atoms with Crippen LogP contribution in [-0.2, 0) is 0 Å². The van der Waals surface area contributed by atoms with Crippen LogP contribution in [0.15, 0.2) is 103 Å². The summed E-state index contributed by atoms with van der Waals surface area (Å²) in [5, 5.41) is 0. The number of methoxy groups -OCH3 is 2. The Morgan fingerprint density at radius 3 is 2.10 bits per heavy atom. The van der Waals surface area contributed by atoms with E-state index in [9.17, 15) is 14.4 Å². The first kappa shape index (κ1) is 25.0. The average molecular weight is 542 g/mol. The van der Waals surface area contributed by atoms with Crippen molar-refractivity contribution in [1.82, 2.24) is 0 Å². The van der Waals surface area contributed by atoms with Crippen molar-refractivity contribution in [2.24, 2.45) is 5.41 Å². The zero-order chi connectivity index (χ0) is 28.3. The minimum atomic E-state index is -1.55. The van der Waals surface area contributed by atoms with Crippen LogP contribution in [0.1, 0.15) is 48.1 Å². The van der Waals surface area contributed by atoms with E-state index in [4.69, 9.17) is 9.47 Å². The topological polar surface area (TPSA) is 72.9 Å². The molecule has 1 saturated heterocycles. The Morgan fingerprint density at radius 1 is 0.756 bits per heavy atom. The number of carbonyl (C=O) groups excluding carboxylic acids is 3. The summed E-state index contributed by atoms with van der Waals surface area (Å²) in [6.07, 6.45) is 3.89. The van der Waals surface area contributed by atoms with E-state index in [1.807, 2.05) is 65.6 Å². The molecule has 3 atom stereocenters. The van der Waals surface area contributed by atoms with Gasteiger partial charge < -0.3 is 14.4 Å². The number of ketones is 3. The molecule has 4 aromatic carbocycles. The van der Waals surface area contributed by atoms with E-state index in [2.05, 4.69) is 0 Å². The first-order chi connectivity index (χ1) is 20.0. The van der Waals surface area contributed by atoms with Crippen molar-refractivity contribution in [2.45, 2.75) is 18.0 Å². The number of hydrogen-bond donors (Lipinski definition) is 0. The third kappa shape index (κ3) is 3.40. The lowest BCUT2D eigenvalue weighted by molar-refractivity contribution is 0.0665. The predicted molar refractivity (Wildman–Crippen MR) is 156 cm³/mol. The highest BCUT2D eigenvalue weighted by Gasteiger charge is 2.71. The minimum absolute atomic E-state index is 0.177. The van der Waals surface area contributed by atoms with Gasteiger partial charge in [-0.25, -0.2) is 0 Å². The summed E-state index contributed by atoms with van der Waals surface area (Å²) in [7, 11) is 3.15. The molecule has 0 amide bonds. The average Bonchev–Trinajstić information content (AvgIpc) is 3.47. The maximum Gasteiger partial charge on any atom is 0.185 e. The number of benzene rings is 4. The molecule has 6 heteroatoms. The lowest BCUT2D eigenvalue weighted by Gasteiger charge is -2.37. The van der Waals surface area contributed by atoms with Crippen molar-refractivity contribution in [3.8, 4) is 11.5 Å². The van der Waals surface area contributed by atoms with Gasteiger partial charge in [-0.2, -0.15) is 0 Å². The van der Waals surface area contributed by atoms with Gasteiger partial charge in [0.25, 0.3) is 0 Å². The normalized spacial score (nSPS) is 21.4. The molecule has 0 radical (unpaired) electrons. The first-order valence-electron chi connectivity index (χ1n) is 13.6. The zero-order valence-electron chi connectivity index (χ0n) is 22.6. The predicted octanol–water partition coefficient (Wildman–Crippen LogP) is 6.02. The van der Waals surface area contributed by atoms with Gasteiger partial charge in [0.2, 0.25) is 0 Å². The van der Waals surface area contributed by atoms with Crippen molar-refractivity contribution in [2.75, 3.05) is 19.1 Å². The summed E-state index contributed by atoms with van der Waals surface area (Å²) < 4.78 is 10.9. The summed E-state index contributed by atoms with van der Waals surface area (Å²) in [4.78, 5) is 46.1. The number of rotatable bonds is 5. The molecule has 0 saturated carbocycles. The monoisotopic (exact) mass is 541 g/mol. The van der Waals surface area contributed by atoms with Crippen LogP contribution in [0.2, 0.25) is 0 Å². The molecule has 6 nitrogen and oxygen atoms in total. The van der Waals surface area contributed by atoms with Crippen LogP contribution in [0.3, 0.4) is 0 Å². The molecule has 1 aliphatic carbocycles. The van der Waals surface area contributed by atoms with Gasteiger partial charge in [-0.05, 0) is 53.6 Å². The number of hydrogen-bond acceptors (Lipinski definition) is 6. The van der Waals surface area contributed by atoms with E-state index >= 15 is 0 Å². The van der Waals surface area contributed by atoms with E-state index in [0.29, 0.717) is 33.8 Å². The molecule has 0 bridgehead atoms. The maximum atomic E-state index is 14.7. The molecule has 7 rings (SSSR count). The van der Waals surface area contributed by atoms with Gasteiger partial charge in [0.1, 0.15) is 23.0 Å². The van der Waals surface area contributed by atoms with Crippen LogP contribution in [0.4, 0.5) is 5.69 Å². The Hall–Kier alpha value is -4.97. The molecule has 41 heavy (non-hydrogen) atoms. The van der Waals surface area contributed by atoms with Crippen LogP contribution in [0.5, 0.6) is 11.5 Å². The number of Topliss-reactive ketones (excluding diaryl/α,β-unsaturated/α-hetero) is 3. The highest BCUT2D eigenvalue weighted by atomic mass is 16.5. The van der Waals surface area contributed by atoms with E-state index in [1.54, 1.807) is 62.8 Å². The third-order valence-electron chi connectivity index (χ3n) is 8.81. The number of anilines is 1. The highest BCUT2D eigenvalue weighted by Crippen LogP contribution is 2.61. The van der Waals surface area contributed by atoms with Gasteiger partial charge in [-0.3, -0.25) is 14.4 Å². The molecule has 202 valence electrons. The Bertz CT molecular complexity index is 1720. The Labute approximate surface area is 237 Å². The van der Waals surface area contributed by atoms with Crippen LogP contribution >= 0.6 is 0 Å². The van der Waals surface area contributed by atoms with E-state index in [1.165, 1.54) is 0 Å². The summed E-state index contributed by atoms with van der Waals surface area (Å²) in [5.41, 5.74) is 2.16. The molecule has 0 N–H and O–H groups in total. The SMILES string of the molecule is COc1ccc(C(=O)C2C(c3cccc(OC)c3)C3(C(=O)c4ccccc4C3=O)C3C=Cc4ccccc4N23)cc1. The molecule has 4 aromatic rings. The molecule has 0 aromatic heterocycles. The van der Waals surface area contributed by atoms with Crippen molar-refractivity contribution in [1.29, 1.82) is 0 Å². The zero-order valence-corrected chi connectivity index (χ0v) is 22.6. The van der Waals surface area contributed by atoms with Gasteiger partial charge in [-0.1, -0.05) is 66.7 Å². The number of carbonyl (C=O) groups is 3. The number of para-hydroxylation sites is 1. The second kappa shape index (κ2) is 9.30. The summed E-state index contributed by atoms with van der Waals surface area (Å²) in [6.45, 7) is 0. The lowest BCUT2D eigenvalue weighted by Crippen LogP contribution is -2.48. The Kier molecular flexibility index (Phi) is 5.68. The van der Waals surface area contributed by atoms with Gasteiger partial charge in [0, 0.05) is 28.3 Å². The van der Waals surface area contributed by atoms with Gasteiger partial charge in [-0.15, -0.1) is 0 Å². The number of ether oxygens (including phenoxy) is 2. The molecular weight excluding hydrogens is 514 g/mol. The Balaban J connectivity index is 1.53. The van der Waals surface area contributed by atoms with Crippen molar-refractivity contribution in [3.05, 3.63) is 131 Å². The van der Waals surface area contributed by atoms with Crippen LogP contribution in [0, 0.1) is 5.41 Å². The fourth-order valence-corrected chi connectivity index (χ4v) is 7.05. The number of nitrogens with zero attached hydrogens (tertiary/aromatic N) is 1. The summed E-state index contributed by atoms with van der Waals surface area (Å²) >= 11 is 0. The molecule has 3 aliphatic rings. The summed E-state index contributed by atoms with van der Waals surface area (Å²) in [6, 6.07) is 27.6. The van der Waals surface area contributed by atoms with Crippen molar-refractivity contribution < 1.29 is 23.9 Å². The minimum Gasteiger partial charge on any atom is -0.497 e. The smallest absolute Gasteiger partial charge is 0.185 e. The second-order valence-corrected chi connectivity index (χ2v) is 10.6. The fourth-order valence-electron chi connectivity index (χ4n) is 7.05. The molecule has 1 fully saturated rings. The molecule has 1 spiro atoms. The molecular formula is C35H27NO5. The van der Waals surface area contributed by atoms with Gasteiger partial charge in [0.15, 0.2) is 17.3 Å². The van der Waals surface area contributed by atoms with Crippen LogP contribution in [-0.4, -0.2) is 43.7 Å². The largest absolute Gasteiger partial charge is 0.497 e. The van der Waals surface area contributed by atoms with E-state index in [0.717, 1.165) is 11.3 Å². The standard InChI is InChI=1S/C35H27NO5/c1-40-24-17-14-22(15-18-24)32(37)31-30(23-9-7-10-25(20-23)41-2)35(33(38)26-11-4-5-12-27(26)34(35)39)29-19-16-21-8-3-6-13-28(21)36(29)31/h3-20,29-31H,1-2H3. The lowest BCUT2D eigenvalue weighted by atomic mass is 9.64. The van der Waals surface area contributed by atoms with Gasteiger partial charge in [0.05, 0.1) is 20.3 Å². The second-order valence-electron chi connectivity index (χ2n) is 10.6. The summed E-state index contributed by atoms with van der Waals surface area (Å²) in [5.74, 6) is -0.256. The Morgan fingerprint density at radius 2 is 1.41 bits per heavy atom. The van der Waals surface area contributed by atoms with Crippen LogP contribution in [0.25, 0.3) is 6.08 Å². The maximum absolute atomic E-state index is 14.7. The quantitative estimate of drug-likeness (QED) is 0.227. The molecule has 2 aliphatic heterocycles. The first-order valence-corrected chi connectivity index (χ1v) is 13.6. The van der Waals surface area contributed by atoms with Gasteiger partial charge >= 0.3 is 0 Å². The van der Waals surface area contributed by atoms with Crippen molar-refractivity contribution >= 4 is 29.1 Å². The van der Waals surface area contributed by atoms with E-state index in [-0.39, 0.29) is 17.3 Å². The van der Waals surface area contributed by atoms with Crippen molar-refractivity contribution in [3.63, 3.8) is 0 Å². The fraction of sp³-hybridized carbons (Fsp3) is 0.171. The highest BCUT2D eigenvalue weighted by molar-refractivity contribution is 6.32. The molecule has 2 heterocycles. The molecule has 3 unspecified atom stereocenters. The van der Waals surface area contributed by atoms with E-state index < -0.39 is 23.4 Å². The third-order valence-corrected chi connectivity index (χ3v) is 8.81.